The Hall–Kier alpha value is -2.88. The van der Waals surface area contributed by atoms with Crippen LogP contribution in [0.4, 0.5) is 0 Å². The Morgan fingerprint density at radius 3 is 2.48 bits per heavy atom. The van der Waals surface area contributed by atoms with Gasteiger partial charge in [0.15, 0.2) is 0 Å². The van der Waals surface area contributed by atoms with E-state index in [1.807, 2.05) is 30.5 Å². The van der Waals surface area contributed by atoms with Crippen molar-refractivity contribution in [3.8, 4) is 0 Å². The molecule has 1 heterocycles. The van der Waals surface area contributed by atoms with Crippen molar-refractivity contribution in [1.29, 1.82) is 0 Å². The average molecular weight is 334 g/mol. The van der Waals surface area contributed by atoms with Crippen LogP contribution < -0.4 is 0 Å². The lowest BCUT2D eigenvalue weighted by Crippen LogP contribution is -2.08. The second kappa shape index (κ2) is 7.34. The van der Waals surface area contributed by atoms with Gasteiger partial charge >= 0.3 is 5.97 Å². The highest BCUT2D eigenvalue weighted by molar-refractivity contribution is 5.70. The highest BCUT2D eigenvalue weighted by Gasteiger charge is 2.19. The van der Waals surface area contributed by atoms with E-state index in [0.717, 1.165) is 17.7 Å². The van der Waals surface area contributed by atoms with Gasteiger partial charge in [-0.1, -0.05) is 42.5 Å². The molecule has 1 atom stereocenters. The van der Waals surface area contributed by atoms with Crippen molar-refractivity contribution in [3.05, 3.63) is 88.5 Å². The third kappa shape index (κ3) is 3.97. The van der Waals surface area contributed by atoms with Gasteiger partial charge < -0.3 is 10.1 Å². The largest absolute Gasteiger partial charge is 0.481 e. The number of carbonyl (C=O) groups is 1. The Labute approximate surface area is 147 Å². The highest BCUT2D eigenvalue weighted by atomic mass is 16.4. The highest BCUT2D eigenvalue weighted by Crippen LogP contribution is 2.30. The molecule has 2 aromatic carbocycles. The lowest BCUT2D eigenvalue weighted by atomic mass is 9.85. The van der Waals surface area contributed by atoms with Gasteiger partial charge in [-0.2, -0.15) is 0 Å². The number of hydrogen-bond acceptors (Lipinski definition) is 2. The van der Waals surface area contributed by atoms with Gasteiger partial charge in [0.05, 0.1) is 12.7 Å². The number of carboxylic acids is 1. The molecule has 1 unspecified atom stereocenters. The van der Waals surface area contributed by atoms with Crippen molar-refractivity contribution in [3.63, 3.8) is 0 Å². The van der Waals surface area contributed by atoms with Crippen LogP contribution in [0.3, 0.4) is 0 Å². The molecule has 3 aromatic rings. The summed E-state index contributed by atoms with van der Waals surface area (Å²) in [6.07, 6.45) is 4.48. The van der Waals surface area contributed by atoms with Crippen LogP contribution in [-0.4, -0.2) is 21.0 Å². The predicted octanol–water partition coefficient (Wildman–Crippen LogP) is 4.03. The molecule has 0 fully saturated rings. The van der Waals surface area contributed by atoms with Crippen molar-refractivity contribution < 1.29 is 9.90 Å². The third-order valence-corrected chi connectivity index (χ3v) is 4.73. The molecule has 1 aromatic heterocycles. The van der Waals surface area contributed by atoms with Crippen LogP contribution in [0.5, 0.6) is 0 Å². The molecule has 4 heteroatoms. The Bertz CT molecular complexity index is 852. The molecular formula is C21H22N2O2. The molecule has 2 N–H and O–H groups in total. The second-order valence-electron chi connectivity index (χ2n) is 6.44. The van der Waals surface area contributed by atoms with Crippen LogP contribution in [0, 0.1) is 13.8 Å². The number of benzene rings is 2. The minimum atomic E-state index is -0.807. The molecule has 0 spiro atoms. The molecular weight excluding hydrogens is 312 g/mol. The van der Waals surface area contributed by atoms with E-state index in [9.17, 15) is 4.79 Å². The standard InChI is InChI=1S/C21H22N2O2/c1-14-4-3-5-18(15(14)2)19(20-12-22-13-23-20)10-16-6-8-17(9-7-16)11-21(24)25/h3-9,12-13,19H,10-11H2,1-2H3,(H,22,23)(H,24,25). The van der Waals surface area contributed by atoms with Crippen LogP contribution in [0.15, 0.2) is 55.0 Å². The fraction of sp³-hybridized carbons (Fsp3) is 0.238. The molecule has 0 aliphatic heterocycles. The summed E-state index contributed by atoms with van der Waals surface area (Å²) in [6.45, 7) is 4.29. The molecule has 0 aliphatic rings. The molecule has 0 saturated carbocycles. The molecule has 0 radical (unpaired) electrons. The summed E-state index contributed by atoms with van der Waals surface area (Å²) >= 11 is 0. The first-order chi connectivity index (χ1) is 12.0. The number of nitrogens with one attached hydrogen (secondary N) is 1. The van der Waals surface area contributed by atoms with E-state index in [1.54, 1.807) is 6.33 Å². The van der Waals surface area contributed by atoms with Crippen LogP contribution in [-0.2, 0) is 17.6 Å². The van der Waals surface area contributed by atoms with Crippen LogP contribution in [0.1, 0.15) is 39.4 Å². The van der Waals surface area contributed by atoms with Crippen LogP contribution in [0.2, 0.25) is 0 Å². The number of nitrogens with zero attached hydrogens (tertiary/aromatic N) is 1. The van der Waals surface area contributed by atoms with Crippen molar-refractivity contribution in [1.82, 2.24) is 9.97 Å². The fourth-order valence-corrected chi connectivity index (χ4v) is 3.20. The number of aryl methyl sites for hydroxylation is 1. The van der Waals surface area contributed by atoms with Crippen LogP contribution in [0.25, 0.3) is 0 Å². The lowest BCUT2D eigenvalue weighted by Gasteiger charge is -2.20. The van der Waals surface area contributed by atoms with Gasteiger partial charge in [0.2, 0.25) is 0 Å². The number of H-pyrrole nitrogens is 1. The van der Waals surface area contributed by atoms with E-state index in [0.29, 0.717) is 0 Å². The first-order valence-electron chi connectivity index (χ1n) is 8.38. The molecule has 0 bridgehead atoms. The number of aromatic nitrogens is 2. The minimum absolute atomic E-state index is 0.0568. The number of aliphatic carboxylic acids is 1. The van der Waals surface area contributed by atoms with E-state index < -0.39 is 5.97 Å². The van der Waals surface area contributed by atoms with E-state index in [1.165, 1.54) is 22.3 Å². The molecule has 4 nitrogen and oxygen atoms in total. The summed E-state index contributed by atoms with van der Waals surface area (Å²) in [5, 5.41) is 8.90. The maximum Gasteiger partial charge on any atom is 0.307 e. The summed E-state index contributed by atoms with van der Waals surface area (Å²) in [4.78, 5) is 18.3. The lowest BCUT2D eigenvalue weighted by molar-refractivity contribution is -0.136. The molecule has 25 heavy (non-hydrogen) atoms. The Kier molecular flexibility index (Phi) is 4.98. The summed E-state index contributed by atoms with van der Waals surface area (Å²) in [7, 11) is 0. The zero-order valence-electron chi connectivity index (χ0n) is 14.5. The van der Waals surface area contributed by atoms with Crippen molar-refractivity contribution in [2.24, 2.45) is 0 Å². The van der Waals surface area contributed by atoms with Crippen molar-refractivity contribution >= 4 is 5.97 Å². The van der Waals surface area contributed by atoms with E-state index >= 15 is 0 Å². The summed E-state index contributed by atoms with van der Waals surface area (Å²) in [6, 6.07) is 14.2. The van der Waals surface area contributed by atoms with E-state index in [2.05, 4.69) is 42.0 Å². The molecule has 0 saturated heterocycles. The first-order valence-corrected chi connectivity index (χ1v) is 8.38. The maximum absolute atomic E-state index is 10.8. The van der Waals surface area contributed by atoms with Gasteiger partial charge in [0.25, 0.3) is 0 Å². The maximum atomic E-state index is 10.8. The monoisotopic (exact) mass is 334 g/mol. The van der Waals surface area contributed by atoms with Crippen molar-refractivity contribution in [2.45, 2.75) is 32.6 Å². The fourth-order valence-electron chi connectivity index (χ4n) is 3.20. The number of imidazole rings is 1. The molecule has 3 rings (SSSR count). The topological polar surface area (TPSA) is 66.0 Å². The number of rotatable bonds is 6. The van der Waals surface area contributed by atoms with Gasteiger partial charge in [0, 0.05) is 17.8 Å². The Morgan fingerprint density at radius 1 is 1.12 bits per heavy atom. The van der Waals surface area contributed by atoms with Gasteiger partial charge in [-0.05, 0) is 48.1 Å². The van der Waals surface area contributed by atoms with Gasteiger partial charge in [-0.25, -0.2) is 4.98 Å². The molecule has 0 aliphatic carbocycles. The smallest absolute Gasteiger partial charge is 0.307 e. The molecule has 128 valence electrons. The number of hydrogen-bond donors (Lipinski definition) is 2. The van der Waals surface area contributed by atoms with Gasteiger partial charge in [-0.15, -0.1) is 0 Å². The zero-order valence-corrected chi connectivity index (χ0v) is 14.5. The predicted molar refractivity (Wildman–Crippen MR) is 97.8 cm³/mol. The van der Waals surface area contributed by atoms with E-state index in [4.69, 9.17) is 5.11 Å². The quantitative estimate of drug-likeness (QED) is 0.715. The SMILES string of the molecule is Cc1cccc(C(Cc2ccc(CC(=O)O)cc2)c2cnc[nH]2)c1C. The zero-order chi connectivity index (χ0) is 17.8. The minimum Gasteiger partial charge on any atom is -0.481 e. The Morgan fingerprint density at radius 2 is 1.84 bits per heavy atom. The summed E-state index contributed by atoms with van der Waals surface area (Å²) < 4.78 is 0. The Balaban J connectivity index is 1.91. The van der Waals surface area contributed by atoms with E-state index in [-0.39, 0.29) is 12.3 Å². The number of aromatic amines is 1. The first kappa shape index (κ1) is 17.0. The second-order valence-corrected chi connectivity index (χ2v) is 6.44. The third-order valence-electron chi connectivity index (χ3n) is 4.73. The van der Waals surface area contributed by atoms with Crippen LogP contribution >= 0.6 is 0 Å². The van der Waals surface area contributed by atoms with Crippen molar-refractivity contribution in [2.75, 3.05) is 0 Å². The average Bonchev–Trinajstić information content (AvgIpc) is 3.11. The normalized spacial score (nSPS) is 12.1. The molecule has 0 amide bonds. The summed E-state index contributed by atoms with van der Waals surface area (Å²) in [5.41, 5.74) is 6.95. The van der Waals surface area contributed by atoms with Gasteiger partial charge in [-0.3, -0.25) is 4.79 Å². The number of carboxylic acid groups (broad SMARTS) is 1. The van der Waals surface area contributed by atoms with Gasteiger partial charge in [0.1, 0.15) is 0 Å². The summed E-state index contributed by atoms with van der Waals surface area (Å²) in [5.74, 6) is -0.619.